The van der Waals surface area contributed by atoms with E-state index < -0.39 is 6.04 Å². The molecule has 4 heteroatoms. The quantitative estimate of drug-likeness (QED) is 0.829. The van der Waals surface area contributed by atoms with Gasteiger partial charge in [0, 0.05) is 12.6 Å². The van der Waals surface area contributed by atoms with Gasteiger partial charge in [-0.05, 0) is 38.8 Å². The first kappa shape index (κ1) is 19.7. The summed E-state index contributed by atoms with van der Waals surface area (Å²) in [7, 11) is 0. The van der Waals surface area contributed by atoms with Crippen molar-refractivity contribution in [1.29, 1.82) is 0 Å². The minimum atomic E-state index is -0.532. The monoisotopic (exact) mass is 352 g/mol. The zero-order valence-corrected chi connectivity index (χ0v) is 16.0. The van der Waals surface area contributed by atoms with Crippen LogP contribution in [-0.4, -0.2) is 28.8 Å². The minimum absolute atomic E-state index is 0.0374. The van der Waals surface area contributed by atoms with E-state index in [9.17, 15) is 9.59 Å². The first-order chi connectivity index (χ1) is 12.4. The van der Waals surface area contributed by atoms with Gasteiger partial charge in [0.2, 0.25) is 11.8 Å². The Bertz CT molecular complexity index is 724. The van der Waals surface area contributed by atoms with Crippen molar-refractivity contribution in [2.45, 2.75) is 52.7 Å². The maximum atomic E-state index is 13.0. The van der Waals surface area contributed by atoms with Crippen LogP contribution in [0.5, 0.6) is 0 Å². The number of carbonyl (C=O) groups is 2. The molecule has 0 radical (unpaired) electrons. The van der Waals surface area contributed by atoms with Crippen LogP contribution >= 0.6 is 0 Å². The van der Waals surface area contributed by atoms with Crippen molar-refractivity contribution in [3.8, 4) is 0 Å². The lowest BCUT2D eigenvalue weighted by Crippen LogP contribution is -2.49. The number of carbonyl (C=O) groups excluding carboxylic acids is 2. The van der Waals surface area contributed by atoms with Crippen molar-refractivity contribution in [3.05, 3.63) is 71.3 Å². The molecule has 0 aliphatic rings. The molecule has 0 heterocycles. The molecule has 0 unspecified atom stereocenters. The summed E-state index contributed by atoms with van der Waals surface area (Å²) in [6, 6.07) is 17.2. The number of amides is 2. The summed E-state index contributed by atoms with van der Waals surface area (Å²) in [5.41, 5.74) is 3.13. The van der Waals surface area contributed by atoms with Crippen LogP contribution in [-0.2, 0) is 22.6 Å². The Morgan fingerprint density at radius 1 is 0.923 bits per heavy atom. The number of hydrogen-bond acceptors (Lipinski definition) is 2. The van der Waals surface area contributed by atoms with Gasteiger partial charge in [0.25, 0.3) is 0 Å². The molecule has 2 rings (SSSR count). The number of hydrogen-bond donors (Lipinski definition) is 1. The fourth-order valence-corrected chi connectivity index (χ4v) is 2.75. The first-order valence-electron chi connectivity index (χ1n) is 9.06. The predicted molar refractivity (Wildman–Crippen MR) is 105 cm³/mol. The Labute approximate surface area is 156 Å². The van der Waals surface area contributed by atoms with Gasteiger partial charge in [-0.25, -0.2) is 0 Å². The molecule has 2 amide bonds. The third-order valence-electron chi connectivity index (χ3n) is 4.27. The van der Waals surface area contributed by atoms with Gasteiger partial charge in [0.1, 0.15) is 6.04 Å². The summed E-state index contributed by atoms with van der Waals surface area (Å²) in [5.74, 6) is -0.184. The fraction of sp³-hybridized carbons (Fsp3) is 0.364. The average molecular weight is 352 g/mol. The number of nitrogens with one attached hydrogen (secondary N) is 1. The smallest absolute Gasteiger partial charge is 0.242 e. The van der Waals surface area contributed by atoms with E-state index in [1.807, 2.05) is 75.4 Å². The van der Waals surface area contributed by atoms with Crippen molar-refractivity contribution in [3.63, 3.8) is 0 Å². The Balaban J connectivity index is 2.20. The maximum absolute atomic E-state index is 13.0. The Hall–Kier alpha value is -2.62. The molecule has 0 fully saturated rings. The van der Waals surface area contributed by atoms with Crippen LogP contribution in [0, 0.1) is 6.92 Å². The third-order valence-corrected chi connectivity index (χ3v) is 4.27. The molecule has 0 aliphatic carbocycles. The second kappa shape index (κ2) is 9.18. The molecule has 1 N–H and O–H groups in total. The Morgan fingerprint density at radius 2 is 1.54 bits per heavy atom. The lowest BCUT2D eigenvalue weighted by molar-refractivity contribution is -0.140. The first-order valence-corrected chi connectivity index (χ1v) is 9.06. The normalized spacial score (nSPS) is 11.9. The van der Waals surface area contributed by atoms with Crippen molar-refractivity contribution in [2.24, 2.45) is 0 Å². The molecule has 0 aliphatic heterocycles. The molecule has 138 valence electrons. The van der Waals surface area contributed by atoms with Crippen LogP contribution in [0.2, 0.25) is 0 Å². The molecule has 0 saturated carbocycles. The molecule has 0 bridgehead atoms. The standard InChI is InChI=1S/C22H28N2O2/c1-16(2)23-22(26)18(4)24(15-20-12-10-17(3)11-13-20)21(25)14-19-8-6-5-7-9-19/h5-13,16,18H,14-15H2,1-4H3,(H,23,26)/t18-/m0/s1. The van der Waals surface area contributed by atoms with Gasteiger partial charge in [-0.15, -0.1) is 0 Å². The molecule has 1 atom stereocenters. The molecule has 0 aromatic heterocycles. The summed E-state index contributed by atoms with van der Waals surface area (Å²) >= 11 is 0. The van der Waals surface area contributed by atoms with Crippen LogP contribution in [0.25, 0.3) is 0 Å². The van der Waals surface area contributed by atoms with Gasteiger partial charge in [-0.1, -0.05) is 60.2 Å². The van der Waals surface area contributed by atoms with E-state index in [2.05, 4.69) is 5.32 Å². The highest BCUT2D eigenvalue weighted by atomic mass is 16.2. The van der Waals surface area contributed by atoms with Gasteiger partial charge in [0.15, 0.2) is 0 Å². The summed E-state index contributed by atoms with van der Waals surface area (Å²) < 4.78 is 0. The maximum Gasteiger partial charge on any atom is 0.242 e. The highest BCUT2D eigenvalue weighted by Crippen LogP contribution is 2.13. The number of aryl methyl sites for hydroxylation is 1. The topological polar surface area (TPSA) is 49.4 Å². The van der Waals surface area contributed by atoms with E-state index >= 15 is 0 Å². The lowest BCUT2D eigenvalue weighted by Gasteiger charge is -2.29. The van der Waals surface area contributed by atoms with E-state index in [1.54, 1.807) is 11.8 Å². The Morgan fingerprint density at radius 3 is 2.12 bits per heavy atom. The second-order valence-electron chi connectivity index (χ2n) is 7.01. The van der Waals surface area contributed by atoms with E-state index in [-0.39, 0.29) is 24.3 Å². The van der Waals surface area contributed by atoms with Crippen LogP contribution < -0.4 is 5.32 Å². The Kier molecular flexibility index (Phi) is 6.96. The SMILES string of the molecule is Cc1ccc(CN(C(=O)Cc2ccccc2)[C@@H](C)C(=O)NC(C)C)cc1. The van der Waals surface area contributed by atoms with Gasteiger partial charge in [-0.3, -0.25) is 9.59 Å². The van der Waals surface area contributed by atoms with Crippen LogP contribution in [0.1, 0.15) is 37.5 Å². The molecule has 0 spiro atoms. The van der Waals surface area contributed by atoms with E-state index in [1.165, 1.54) is 5.56 Å². The molecule has 26 heavy (non-hydrogen) atoms. The second-order valence-corrected chi connectivity index (χ2v) is 7.01. The van der Waals surface area contributed by atoms with Gasteiger partial charge in [0.05, 0.1) is 6.42 Å². The van der Waals surface area contributed by atoms with Crippen LogP contribution in [0.15, 0.2) is 54.6 Å². The van der Waals surface area contributed by atoms with Crippen LogP contribution in [0.4, 0.5) is 0 Å². The summed E-state index contributed by atoms with van der Waals surface area (Å²) in [4.78, 5) is 27.1. The number of rotatable bonds is 7. The van der Waals surface area contributed by atoms with Crippen molar-refractivity contribution in [1.82, 2.24) is 10.2 Å². The average Bonchev–Trinajstić information content (AvgIpc) is 2.60. The van der Waals surface area contributed by atoms with Crippen LogP contribution in [0.3, 0.4) is 0 Å². The zero-order chi connectivity index (χ0) is 19.1. The minimum Gasteiger partial charge on any atom is -0.352 e. The number of nitrogens with zero attached hydrogens (tertiary/aromatic N) is 1. The molecular formula is C22H28N2O2. The molecule has 0 saturated heterocycles. The van der Waals surface area contributed by atoms with E-state index in [0.717, 1.165) is 11.1 Å². The third kappa shape index (κ3) is 5.73. The summed E-state index contributed by atoms with van der Waals surface area (Å²) in [5, 5.41) is 2.90. The zero-order valence-electron chi connectivity index (χ0n) is 16.0. The largest absolute Gasteiger partial charge is 0.352 e. The fourth-order valence-electron chi connectivity index (χ4n) is 2.75. The van der Waals surface area contributed by atoms with E-state index in [0.29, 0.717) is 6.54 Å². The highest BCUT2D eigenvalue weighted by molar-refractivity contribution is 5.88. The molecular weight excluding hydrogens is 324 g/mol. The number of benzene rings is 2. The molecule has 2 aromatic carbocycles. The molecule has 2 aromatic rings. The predicted octanol–water partition coefficient (Wildman–Crippen LogP) is 3.48. The molecule has 4 nitrogen and oxygen atoms in total. The van der Waals surface area contributed by atoms with Gasteiger partial charge < -0.3 is 10.2 Å². The lowest BCUT2D eigenvalue weighted by atomic mass is 10.1. The van der Waals surface area contributed by atoms with Gasteiger partial charge in [-0.2, -0.15) is 0 Å². The van der Waals surface area contributed by atoms with Crippen molar-refractivity contribution in [2.75, 3.05) is 0 Å². The van der Waals surface area contributed by atoms with Gasteiger partial charge >= 0.3 is 0 Å². The summed E-state index contributed by atoms with van der Waals surface area (Å²) in [6.45, 7) is 8.07. The highest BCUT2D eigenvalue weighted by Gasteiger charge is 2.26. The van der Waals surface area contributed by atoms with E-state index in [4.69, 9.17) is 0 Å². The van der Waals surface area contributed by atoms with Crippen molar-refractivity contribution < 1.29 is 9.59 Å². The van der Waals surface area contributed by atoms with Crippen molar-refractivity contribution >= 4 is 11.8 Å². The summed E-state index contributed by atoms with van der Waals surface area (Å²) in [6.07, 6.45) is 0.284.